The third-order valence-electron chi connectivity index (χ3n) is 2.23. The van der Waals surface area contributed by atoms with Crippen LogP contribution in [0.4, 0.5) is 5.95 Å². The molecule has 0 aromatic carbocycles. The van der Waals surface area contributed by atoms with Crippen molar-refractivity contribution in [3.63, 3.8) is 0 Å². The summed E-state index contributed by atoms with van der Waals surface area (Å²) in [5.41, 5.74) is 5.94. The van der Waals surface area contributed by atoms with Gasteiger partial charge in [0.05, 0.1) is 6.21 Å². The van der Waals surface area contributed by atoms with Crippen molar-refractivity contribution in [1.29, 1.82) is 0 Å². The molecule has 0 aliphatic heterocycles. The van der Waals surface area contributed by atoms with Crippen LogP contribution in [0.5, 0.6) is 0 Å². The van der Waals surface area contributed by atoms with Crippen LogP contribution in [0.3, 0.4) is 0 Å². The number of nitrogens with zero attached hydrogens (tertiary/aromatic N) is 3. The van der Waals surface area contributed by atoms with Crippen LogP contribution in [-0.4, -0.2) is 16.2 Å². The Morgan fingerprint density at radius 1 is 1.24 bits per heavy atom. The number of thiophene rings is 1. The summed E-state index contributed by atoms with van der Waals surface area (Å²) in [6, 6.07) is 4.00. The standard InChI is InChI=1S/C12H14N4S/c1-8-4-5-17-11(8)7-13-16-12-14-9(2)6-10(3)15-12/h4-7H,1-3H3,(H,14,15,16)/b13-7+. The Bertz CT molecular complexity index is 525. The first-order valence-corrected chi connectivity index (χ1v) is 6.18. The molecule has 4 nitrogen and oxygen atoms in total. The second-order valence-electron chi connectivity index (χ2n) is 3.81. The van der Waals surface area contributed by atoms with Crippen LogP contribution < -0.4 is 5.43 Å². The van der Waals surface area contributed by atoms with E-state index < -0.39 is 0 Å². The maximum Gasteiger partial charge on any atom is 0.243 e. The highest BCUT2D eigenvalue weighted by molar-refractivity contribution is 7.11. The first-order chi connectivity index (χ1) is 8.15. The number of nitrogens with one attached hydrogen (secondary N) is 1. The Morgan fingerprint density at radius 3 is 2.53 bits per heavy atom. The number of anilines is 1. The van der Waals surface area contributed by atoms with E-state index in [0.29, 0.717) is 5.95 Å². The van der Waals surface area contributed by atoms with Gasteiger partial charge in [-0.25, -0.2) is 15.4 Å². The lowest BCUT2D eigenvalue weighted by atomic mass is 10.3. The molecular formula is C12H14N4S. The molecule has 0 atom stereocenters. The highest BCUT2D eigenvalue weighted by Gasteiger charge is 1.98. The first kappa shape index (κ1) is 11.7. The Kier molecular flexibility index (Phi) is 3.49. The lowest BCUT2D eigenvalue weighted by molar-refractivity contribution is 1.04. The fraction of sp³-hybridized carbons (Fsp3) is 0.250. The van der Waals surface area contributed by atoms with Crippen LogP contribution in [0, 0.1) is 20.8 Å². The van der Waals surface area contributed by atoms with E-state index in [0.717, 1.165) is 16.3 Å². The van der Waals surface area contributed by atoms with Gasteiger partial charge in [-0.15, -0.1) is 11.3 Å². The van der Waals surface area contributed by atoms with Gasteiger partial charge in [0.2, 0.25) is 5.95 Å². The molecule has 5 heteroatoms. The Balaban J connectivity index is 2.07. The van der Waals surface area contributed by atoms with Crippen molar-refractivity contribution in [2.45, 2.75) is 20.8 Å². The Morgan fingerprint density at radius 2 is 1.94 bits per heavy atom. The number of hydrogen-bond acceptors (Lipinski definition) is 5. The maximum atomic E-state index is 4.24. The van der Waals surface area contributed by atoms with Crippen molar-refractivity contribution in [3.8, 4) is 0 Å². The van der Waals surface area contributed by atoms with Gasteiger partial charge in [0, 0.05) is 16.3 Å². The van der Waals surface area contributed by atoms with Crippen LogP contribution in [0.25, 0.3) is 0 Å². The van der Waals surface area contributed by atoms with E-state index >= 15 is 0 Å². The number of aryl methyl sites for hydroxylation is 3. The molecule has 0 unspecified atom stereocenters. The molecule has 0 spiro atoms. The molecule has 88 valence electrons. The number of hydrogen-bond donors (Lipinski definition) is 1. The van der Waals surface area contributed by atoms with Gasteiger partial charge in [-0.05, 0) is 43.8 Å². The van der Waals surface area contributed by atoms with Crippen LogP contribution in [0.1, 0.15) is 21.8 Å². The van der Waals surface area contributed by atoms with Gasteiger partial charge >= 0.3 is 0 Å². The summed E-state index contributed by atoms with van der Waals surface area (Å²) in [7, 11) is 0. The summed E-state index contributed by atoms with van der Waals surface area (Å²) in [5.74, 6) is 0.535. The van der Waals surface area contributed by atoms with Gasteiger partial charge in [-0.1, -0.05) is 0 Å². The normalized spacial score (nSPS) is 11.0. The molecule has 2 rings (SSSR count). The van der Waals surface area contributed by atoms with Crippen molar-refractivity contribution in [2.24, 2.45) is 5.10 Å². The second kappa shape index (κ2) is 5.05. The van der Waals surface area contributed by atoms with Gasteiger partial charge in [0.1, 0.15) is 0 Å². The lowest BCUT2D eigenvalue weighted by Crippen LogP contribution is -1.99. The minimum absolute atomic E-state index is 0.535. The van der Waals surface area contributed by atoms with Crippen molar-refractivity contribution in [1.82, 2.24) is 9.97 Å². The predicted octanol–water partition coefficient (Wildman–Crippen LogP) is 2.91. The van der Waals surface area contributed by atoms with Gasteiger partial charge < -0.3 is 0 Å². The molecular weight excluding hydrogens is 232 g/mol. The molecule has 17 heavy (non-hydrogen) atoms. The molecule has 2 aromatic heterocycles. The van der Waals surface area contributed by atoms with E-state index in [4.69, 9.17) is 0 Å². The molecule has 0 aliphatic rings. The van der Waals surface area contributed by atoms with Crippen molar-refractivity contribution in [2.75, 3.05) is 5.43 Å². The van der Waals surface area contributed by atoms with E-state index in [2.05, 4.69) is 33.5 Å². The fourth-order valence-corrected chi connectivity index (χ4v) is 2.23. The molecule has 0 saturated heterocycles. The fourth-order valence-electron chi connectivity index (χ4n) is 1.44. The summed E-state index contributed by atoms with van der Waals surface area (Å²) in [6.45, 7) is 5.94. The SMILES string of the molecule is Cc1cc(C)nc(N/N=C/c2sccc2C)n1. The number of hydrazone groups is 1. The lowest BCUT2D eigenvalue weighted by Gasteiger charge is -2.01. The van der Waals surface area contributed by atoms with Crippen molar-refractivity contribution < 1.29 is 0 Å². The van der Waals surface area contributed by atoms with E-state index in [-0.39, 0.29) is 0 Å². The zero-order valence-electron chi connectivity index (χ0n) is 10.1. The molecule has 0 fully saturated rings. The predicted molar refractivity (Wildman–Crippen MR) is 71.8 cm³/mol. The largest absolute Gasteiger partial charge is 0.245 e. The molecule has 2 heterocycles. The average Bonchev–Trinajstić information content (AvgIpc) is 2.63. The van der Waals surface area contributed by atoms with Gasteiger partial charge in [-0.3, -0.25) is 0 Å². The highest BCUT2D eigenvalue weighted by atomic mass is 32.1. The summed E-state index contributed by atoms with van der Waals surface area (Å²) in [4.78, 5) is 9.63. The molecule has 0 bridgehead atoms. The molecule has 1 N–H and O–H groups in total. The second-order valence-corrected chi connectivity index (χ2v) is 4.76. The first-order valence-electron chi connectivity index (χ1n) is 5.30. The third-order valence-corrected chi connectivity index (χ3v) is 3.18. The maximum absolute atomic E-state index is 4.24. The smallest absolute Gasteiger partial charge is 0.243 e. The monoisotopic (exact) mass is 246 g/mol. The number of rotatable bonds is 3. The minimum atomic E-state index is 0.535. The van der Waals surface area contributed by atoms with Crippen LogP contribution >= 0.6 is 11.3 Å². The minimum Gasteiger partial charge on any atom is -0.245 e. The molecule has 0 radical (unpaired) electrons. The van der Waals surface area contributed by atoms with E-state index in [1.807, 2.05) is 25.3 Å². The van der Waals surface area contributed by atoms with Gasteiger partial charge in [0.15, 0.2) is 0 Å². The van der Waals surface area contributed by atoms with Crippen LogP contribution in [0.15, 0.2) is 22.6 Å². The highest BCUT2D eigenvalue weighted by Crippen LogP contribution is 2.12. The number of aromatic nitrogens is 2. The van der Waals surface area contributed by atoms with Crippen molar-refractivity contribution in [3.05, 3.63) is 39.3 Å². The topological polar surface area (TPSA) is 50.2 Å². The van der Waals surface area contributed by atoms with Gasteiger partial charge in [0.25, 0.3) is 0 Å². The molecule has 2 aromatic rings. The summed E-state index contributed by atoms with van der Waals surface area (Å²) in [5, 5.41) is 6.18. The quantitative estimate of drug-likeness (QED) is 0.669. The van der Waals surface area contributed by atoms with Crippen molar-refractivity contribution >= 4 is 23.5 Å². The molecule has 0 aliphatic carbocycles. The van der Waals surface area contributed by atoms with E-state index in [9.17, 15) is 0 Å². The summed E-state index contributed by atoms with van der Waals surface area (Å²) in [6.07, 6.45) is 1.79. The summed E-state index contributed by atoms with van der Waals surface area (Å²) >= 11 is 1.66. The van der Waals surface area contributed by atoms with E-state index in [1.54, 1.807) is 17.6 Å². The van der Waals surface area contributed by atoms with Gasteiger partial charge in [-0.2, -0.15) is 5.10 Å². The van der Waals surface area contributed by atoms with E-state index in [1.165, 1.54) is 5.56 Å². The van der Waals surface area contributed by atoms with Crippen LogP contribution in [-0.2, 0) is 0 Å². The average molecular weight is 246 g/mol. The molecule has 0 saturated carbocycles. The molecule has 0 amide bonds. The van der Waals surface area contributed by atoms with Crippen LogP contribution in [0.2, 0.25) is 0 Å². The third kappa shape index (κ3) is 3.10. The summed E-state index contributed by atoms with van der Waals surface area (Å²) < 4.78 is 0. The zero-order valence-corrected chi connectivity index (χ0v) is 10.9. The zero-order chi connectivity index (χ0) is 12.3. The Hall–Kier alpha value is -1.75. The Labute approximate surface area is 104 Å².